The van der Waals surface area contributed by atoms with E-state index in [1.54, 1.807) is 13.1 Å². The summed E-state index contributed by atoms with van der Waals surface area (Å²) < 4.78 is 13.8. The zero-order chi connectivity index (χ0) is 12.6. The molecule has 0 spiro atoms. The van der Waals surface area contributed by atoms with Gasteiger partial charge in [0.1, 0.15) is 11.5 Å². The van der Waals surface area contributed by atoms with E-state index in [1.807, 2.05) is 0 Å². The van der Waals surface area contributed by atoms with Crippen LogP contribution < -0.4 is 0 Å². The Bertz CT molecular complexity index is 584. The molecule has 0 atom stereocenters. The molecule has 2 aromatic rings. The summed E-state index contributed by atoms with van der Waals surface area (Å²) in [4.78, 5) is 4.02. The lowest BCUT2D eigenvalue weighted by atomic mass is 10.1. The van der Waals surface area contributed by atoms with Crippen LogP contribution in [-0.4, -0.2) is 4.98 Å². The lowest BCUT2D eigenvalue weighted by molar-refractivity contribution is 0.624. The number of nitrogens with zero attached hydrogens (tertiary/aromatic N) is 1. The lowest BCUT2D eigenvalue weighted by Gasteiger charge is -2.07. The van der Waals surface area contributed by atoms with E-state index in [0.29, 0.717) is 20.6 Å². The molecule has 1 nitrogen and oxygen atoms in total. The van der Waals surface area contributed by atoms with Gasteiger partial charge in [-0.2, -0.15) is 0 Å². The third-order valence-electron chi connectivity index (χ3n) is 2.24. The minimum Gasteiger partial charge on any atom is -0.253 e. The van der Waals surface area contributed by atoms with Gasteiger partial charge in [0, 0.05) is 11.8 Å². The minimum atomic E-state index is -0.440. The van der Waals surface area contributed by atoms with Crippen LogP contribution in [-0.2, 0) is 0 Å². The zero-order valence-electron chi connectivity index (χ0n) is 8.77. The maximum absolute atomic E-state index is 13.8. The van der Waals surface area contributed by atoms with Gasteiger partial charge in [-0.3, -0.25) is 4.98 Å². The molecule has 0 saturated heterocycles. The number of halogens is 4. The zero-order valence-corrected chi connectivity index (χ0v) is 11.0. The predicted molar refractivity (Wildman–Crippen MR) is 69.4 cm³/mol. The van der Waals surface area contributed by atoms with Gasteiger partial charge in [0.15, 0.2) is 0 Å². The van der Waals surface area contributed by atoms with Gasteiger partial charge in [-0.15, -0.1) is 0 Å². The van der Waals surface area contributed by atoms with Crippen molar-refractivity contribution in [3.05, 3.63) is 50.8 Å². The van der Waals surface area contributed by atoms with Crippen molar-refractivity contribution in [1.29, 1.82) is 0 Å². The molecular formula is C12H7Cl3FN. The summed E-state index contributed by atoms with van der Waals surface area (Å²) in [5, 5.41) is 0.954. The highest BCUT2D eigenvalue weighted by atomic mass is 35.5. The van der Waals surface area contributed by atoms with Gasteiger partial charge >= 0.3 is 0 Å². The van der Waals surface area contributed by atoms with Gasteiger partial charge in [0.25, 0.3) is 0 Å². The average molecular weight is 291 g/mol. The second kappa shape index (κ2) is 4.81. The first-order valence-electron chi connectivity index (χ1n) is 4.76. The number of hydrogen-bond donors (Lipinski definition) is 0. The van der Waals surface area contributed by atoms with E-state index >= 15 is 0 Å². The first-order chi connectivity index (χ1) is 7.99. The van der Waals surface area contributed by atoms with Crippen molar-refractivity contribution in [3.63, 3.8) is 0 Å². The van der Waals surface area contributed by atoms with Crippen LogP contribution in [0.4, 0.5) is 4.39 Å². The molecular weight excluding hydrogens is 283 g/mol. The van der Waals surface area contributed by atoms with Crippen LogP contribution in [0.5, 0.6) is 0 Å². The first kappa shape index (κ1) is 12.6. The second-order valence-corrected chi connectivity index (χ2v) is 4.81. The van der Waals surface area contributed by atoms with E-state index in [0.717, 1.165) is 5.56 Å². The molecule has 0 bridgehead atoms. The van der Waals surface area contributed by atoms with Crippen LogP contribution in [0.1, 0.15) is 5.56 Å². The Morgan fingerprint density at radius 2 is 1.65 bits per heavy atom. The quantitative estimate of drug-likeness (QED) is 0.661. The molecule has 0 aliphatic carbocycles. The Hall–Kier alpha value is -0.830. The monoisotopic (exact) mass is 289 g/mol. The topological polar surface area (TPSA) is 12.9 Å². The molecule has 88 valence electrons. The van der Waals surface area contributed by atoms with Gasteiger partial charge < -0.3 is 0 Å². The minimum absolute atomic E-state index is 0.166. The van der Waals surface area contributed by atoms with Crippen LogP contribution in [0.2, 0.25) is 15.1 Å². The van der Waals surface area contributed by atoms with Gasteiger partial charge in [0.05, 0.1) is 15.1 Å². The van der Waals surface area contributed by atoms with Crippen molar-refractivity contribution < 1.29 is 4.39 Å². The maximum Gasteiger partial charge on any atom is 0.149 e. The number of rotatable bonds is 1. The third kappa shape index (κ3) is 2.54. The molecule has 0 saturated carbocycles. The summed E-state index contributed by atoms with van der Waals surface area (Å²) in [6.07, 6.45) is 1.57. The Morgan fingerprint density at radius 3 is 2.29 bits per heavy atom. The van der Waals surface area contributed by atoms with Gasteiger partial charge in [-0.25, -0.2) is 4.39 Å². The Balaban J connectivity index is 2.64. The number of benzene rings is 1. The Kier molecular flexibility index (Phi) is 3.57. The van der Waals surface area contributed by atoms with Crippen molar-refractivity contribution in [2.24, 2.45) is 0 Å². The van der Waals surface area contributed by atoms with E-state index in [1.165, 1.54) is 18.2 Å². The number of pyridine rings is 1. The van der Waals surface area contributed by atoms with Crippen LogP contribution in [0.25, 0.3) is 11.3 Å². The fourth-order valence-corrected chi connectivity index (χ4v) is 2.07. The molecule has 1 heterocycles. The Morgan fingerprint density at radius 1 is 1.00 bits per heavy atom. The summed E-state index contributed by atoms with van der Waals surface area (Å²) >= 11 is 17.7. The van der Waals surface area contributed by atoms with Crippen molar-refractivity contribution in [3.8, 4) is 11.3 Å². The first-order valence-corrected chi connectivity index (χ1v) is 5.89. The number of hydrogen-bond acceptors (Lipinski definition) is 1. The summed E-state index contributed by atoms with van der Waals surface area (Å²) in [6, 6.07) is 4.37. The van der Waals surface area contributed by atoms with Crippen LogP contribution in [0.3, 0.4) is 0 Å². The smallest absolute Gasteiger partial charge is 0.149 e. The molecule has 0 N–H and O–H groups in total. The highest BCUT2D eigenvalue weighted by Crippen LogP contribution is 2.35. The standard InChI is InChI=1S/C12H7Cl3FN/c1-6-2-11(16)12(17-5-6)7-3-9(14)10(15)4-8(7)13/h2-5H,1H3. The fraction of sp³-hybridized carbons (Fsp3) is 0.0833. The summed E-state index contributed by atoms with van der Waals surface area (Å²) in [7, 11) is 0. The fourth-order valence-electron chi connectivity index (χ4n) is 1.44. The molecule has 0 aliphatic rings. The van der Waals surface area contributed by atoms with Crippen LogP contribution >= 0.6 is 34.8 Å². The predicted octanol–water partition coefficient (Wildman–Crippen LogP) is 5.16. The molecule has 1 aromatic heterocycles. The molecule has 0 fully saturated rings. The number of aryl methyl sites for hydroxylation is 1. The van der Waals surface area contributed by atoms with Crippen molar-refractivity contribution in [2.45, 2.75) is 6.92 Å². The highest BCUT2D eigenvalue weighted by Gasteiger charge is 2.13. The lowest BCUT2D eigenvalue weighted by Crippen LogP contribution is -1.91. The molecule has 1 aromatic carbocycles. The molecule has 0 unspecified atom stereocenters. The molecule has 0 aliphatic heterocycles. The molecule has 2 rings (SSSR count). The molecule has 17 heavy (non-hydrogen) atoms. The third-order valence-corrected chi connectivity index (χ3v) is 3.28. The maximum atomic E-state index is 13.8. The number of aromatic nitrogens is 1. The summed E-state index contributed by atoms with van der Waals surface area (Å²) in [6.45, 7) is 1.76. The normalized spacial score (nSPS) is 10.6. The van der Waals surface area contributed by atoms with Gasteiger partial charge in [-0.1, -0.05) is 34.8 Å². The largest absolute Gasteiger partial charge is 0.253 e. The van der Waals surface area contributed by atoms with E-state index in [4.69, 9.17) is 34.8 Å². The highest BCUT2D eigenvalue weighted by molar-refractivity contribution is 6.44. The Labute approximate surface area is 113 Å². The van der Waals surface area contributed by atoms with Gasteiger partial charge in [-0.05, 0) is 30.7 Å². The average Bonchev–Trinajstić information content (AvgIpc) is 2.24. The molecule has 0 amide bonds. The summed E-state index contributed by atoms with van der Waals surface area (Å²) in [5.41, 5.74) is 1.33. The van der Waals surface area contributed by atoms with Crippen LogP contribution in [0.15, 0.2) is 24.4 Å². The van der Waals surface area contributed by atoms with Gasteiger partial charge in [0.2, 0.25) is 0 Å². The van der Waals surface area contributed by atoms with Crippen molar-refractivity contribution in [1.82, 2.24) is 4.98 Å². The van der Waals surface area contributed by atoms with E-state index in [-0.39, 0.29) is 5.69 Å². The molecule has 0 radical (unpaired) electrons. The second-order valence-electron chi connectivity index (χ2n) is 3.59. The van der Waals surface area contributed by atoms with Crippen molar-refractivity contribution in [2.75, 3.05) is 0 Å². The van der Waals surface area contributed by atoms with Crippen LogP contribution in [0, 0.1) is 12.7 Å². The summed E-state index contributed by atoms with van der Waals surface area (Å²) in [5.74, 6) is -0.440. The van der Waals surface area contributed by atoms with E-state index < -0.39 is 5.82 Å². The molecule has 5 heteroatoms. The van der Waals surface area contributed by atoms with E-state index in [2.05, 4.69) is 4.98 Å². The van der Waals surface area contributed by atoms with E-state index in [9.17, 15) is 4.39 Å². The van der Waals surface area contributed by atoms with Crippen molar-refractivity contribution >= 4 is 34.8 Å². The SMILES string of the molecule is Cc1cnc(-c2cc(Cl)c(Cl)cc2Cl)c(F)c1.